The van der Waals surface area contributed by atoms with E-state index in [4.69, 9.17) is 9.72 Å². The van der Waals surface area contributed by atoms with Crippen LogP contribution in [-0.4, -0.2) is 47.7 Å². The predicted molar refractivity (Wildman–Crippen MR) is 138 cm³/mol. The zero-order chi connectivity index (χ0) is 23.5. The van der Waals surface area contributed by atoms with E-state index >= 15 is 0 Å². The summed E-state index contributed by atoms with van der Waals surface area (Å²) in [6, 6.07) is 18.9. The maximum Gasteiger partial charge on any atom is 0.260 e. The van der Waals surface area contributed by atoms with Crippen molar-refractivity contribution in [3.63, 3.8) is 0 Å². The largest absolute Gasteiger partial charge is 0.379 e. The Labute approximate surface area is 203 Å². The number of rotatable bonds is 7. The van der Waals surface area contributed by atoms with Crippen molar-refractivity contribution < 1.29 is 4.74 Å². The highest BCUT2D eigenvalue weighted by Crippen LogP contribution is 2.35. The number of fused-ring (bicyclic) bond motifs is 1. The molecule has 0 amide bonds. The first kappa shape index (κ1) is 22.9. The Bertz CT molecular complexity index is 1310. The molecular formula is C27H30N4O2S. The summed E-state index contributed by atoms with van der Waals surface area (Å²) in [5.41, 5.74) is 4.40. The molecule has 1 saturated heterocycles. The van der Waals surface area contributed by atoms with Gasteiger partial charge in [0.25, 0.3) is 5.56 Å². The Hall–Kier alpha value is -2.84. The van der Waals surface area contributed by atoms with Gasteiger partial charge in [-0.05, 0) is 25.0 Å². The zero-order valence-corrected chi connectivity index (χ0v) is 20.5. The van der Waals surface area contributed by atoms with Crippen LogP contribution >= 0.6 is 11.3 Å². The summed E-state index contributed by atoms with van der Waals surface area (Å²) in [7, 11) is 0. The summed E-state index contributed by atoms with van der Waals surface area (Å²) in [5, 5.41) is 4.32. The van der Waals surface area contributed by atoms with Gasteiger partial charge in [0.15, 0.2) is 0 Å². The molecule has 0 radical (unpaired) electrons. The molecule has 6 nitrogen and oxygen atoms in total. The fourth-order valence-corrected chi connectivity index (χ4v) is 5.61. The van der Waals surface area contributed by atoms with Gasteiger partial charge in [-0.2, -0.15) is 0 Å². The van der Waals surface area contributed by atoms with Gasteiger partial charge in [0.1, 0.15) is 10.7 Å². The summed E-state index contributed by atoms with van der Waals surface area (Å²) in [4.78, 5) is 25.4. The van der Waals surface area contributed by atoms with Gasteiger partial charge in [-0.1, -0.05) is 60.2 Å². The number of nitrogens with zero attached hydrogens (tertiary/aromatic N) is 2. The van der Waals surface area contributed by atoms with Crippen molar-refractivity contribution in [3.8, 4) is 11.1 Å². The maximum atomic E-state index is 13.2. The van der Waals surface area contributed by atoms with Crippen molar-refractivity contribution in [2.75, 3.05) is 32.8 Å². The first-order valence-electron chi connectivity index (χ1n) is 11.8. The van der Waals surface area contributed by atoms with Gasteiger partial charge in [-0.25, -0.2) is 4.98 Å². The van der Waals surface area contributed by atoms with Crippen molar-refractivity contribution in [3.05, 3.63) is 86.8 Å². The van der Waals surface area contributed by atoms with Crippen LogP contribution in [0.15, 0.2) is 59.4 Å². The Morgan fingerprint density at radius 2 is 1.82 bits per heavy atom. The third-order valence-corrected chi connectivity index (χ3v) is 7.39. The molecule has 0 saturated carbocycles. The molecule has 4 aromatic rings. The van der Waals surface area contributed by atoms with E-state index in [2.05, 4.69) is 77.6 Å². The molecule has 2 N–H and O–H groups in total. The summed E-state index contributed by atoms with van der Waals surface area (Å²) in [6.07, 6.45) is 0. The average Bonchev–Trinajstić information content (AvgIpc) is 3.19. The molecule has 5 rings (SSSR count). The maximum absolute atomic E-state index is 13.2. The van der Waals surface area contributed by atoms with E-state index in [1.807, 2.05) is 6.07 Å². The Morgan fingerprint density at radius 3 is 2.56 bits per heavy atom. The molecule has 1 aliphatic rings. The van der Waals surface area contributed by atoms with E-state index in [0.29, 0.717) is 17.8 Å². The number of morpholine rings is 1. The molecule has 3 heterocycles. The van der Waals surface area contributed by atoms with Gasteiger partial charge < -0.3 is 15.0 Å². The Kier molecular flexibility index (Phi) is 6.87. The minimum atomic E-state index is -0.0776. The van der Waals surface area contributed by atoms with Gasteiger partial charge in [0.05, 0.1) is 25.1 Å². The molecule has 2 aromatic heterocycles. The number of H-pyrrole nitrogens is 1. The Morgan fingerprint density at radius 1 is 1.09 bits per heavy atom. The molecule has 1 unspecified atom stereocenters. The number of nitrogens with one attached hydrogen (secondary N) is 2. The third kappa shape index (κ3) is 4.98. The van der Waals surface area contributed by atoms with Crippen LogP contribution in [0.4, 0.5) is 0 Å². The SMILES string of the molecule is Cc1ccc(-c2c(C)sc3nc(CNC(CN4CCOCC4)c4ccccc4)[nH]c(=O)c23)cc1. The highest BCUT2D eigenvalue weighted by molar-refractivity contribution is 7.19. The van der Waals surface area contributed by atoms with Gasteiger partial charge in [0.2, 0.25) is 0 Å². The monoisotopic (exact) mass is 474 g/mol. The summed E-state index contributed by atoms with van der Waals surface area (Å²) in [5.74, 6) is 0.664. The standard InChI is InChI=1S/C27H30N4O2S/c1-18-8-10-21(11-9-18)24-19(2)34-27-25(24)26(32)29-23(30-27)16-28-22(20-6-4-3-5-7-20)17-31-12-14-33-15-13-31/h3-11,22,28H,12-17H2,1-2H3,(H,29,30,32). The highest BCUT2D eigenvalue weighted by atomic mass is 32.1. The lowest BCUT2D eigenvalue weighted by Crippen LogP contribution is -2.42. The molecule has 0 spiro atoms. The quantitative estimate of drug-likeness (QED) is 0.415. The van der Waals surface area contributed by atoms with E-state index in [9.17, 15) is 4.79 Å². The molecule has 0 aliphatic carbocycles. The molecule has 1 aliphatic heterocycles. The first-order chi connectivity index (χ1) is 16.6. The van der Waals surface area contributed by atoms with Crippen LogP contribution in [-0.2, 0) is 11.3 Å². The van der Waals surface area contributed by atoms with E-state index < -0.39 is 0 Å². The fourth-order valence-electron chi connectivity index (χ4n) is 4.55. The molecule has 176 valence electrons. The van der Waals surface area contributed by atoms with Crippen molar-refractivity contribution in [2.45, 2.75) is 26.4 Å². The number of aromatic nitrogens is 2. The predicted octanol–water partition coefficient (Wildman–Crippen LogP) is 4.43. The van der Waals surface area contributed by atoms with E-state index in [0.717, 1.165) is 53.7 Å². The summed E-state index contributed by atoms with van der Waals surface area (Å²) < 4.78 is 5.51. The fraction of sp³-hybridized carbons (Fsp3) is 0.333. The zero-order valence-electron chi connectivity index (χ0n) is 19.6. The molecule has 1 atom stereocenters. The van der Waals surface area contributed by atoms with Gasteiger partial charge in [-0.3, -0.25) is 9.69 Å². The molecule has 1 fully saturated rings. The van der Waals surface area contributed by atoms with Crippen LogP contribution in [0.1, 0.15) is 27.9 Å². The normalized spacial score (nSPS) is 15.6. The summed E-state index contributed by atoms with van der Waals surface area (Å²) in [6.45, 7) is 8.92. The second-order valence-electron chi connectivity index (χ2n) is 8.85. The second kappa shape index (κ2) is 10.2. The number of ether oxygens (including phenoxy) is 1. The molecule has 34 heavy (non-hydrogen) atoms. The number of aromatic amines is 1. The van der Waals surface area contributed by atoms with E-state index in [1.54, 1.807) is 11.3 Å². The van der Waals surface area contributed by atoms with Crippen molar-refractivity contribution in [2.24, 2.45) is 0 Å². The lowest BCUT2D eigenvalue weighted by molar-refractivity contribution is 0.0333. The van der Waals surface area contributed by atoms with Gasteiger partial charge >= 0.3 is 0 Å². The van der Waals surface area contributed by atoms with Crippen LogP contribution in [0.2, 0.25) is 0 Å². The minimum absolute atomic E-state index is 0.0776. The number of hydrogen-bond donors (Lipinski definition) is 2. The number of thiophene rings is 1. The number of aryl methyl sites for hydroxylation is 2. The minimum Gasteiger partial charge on any atom is -0.379 e. The molecule has 7 heteroatoms. The molecule has 0 bridgehead atoms. The van der Waals surface area contributed by atoms with Crippen LogP contribution in [0.5, 0.6) is 0 Å². The highest BCUT2D eigenvalue weighted by Gasteiger charge is 2.20. The van der Waals surface area contributed by atoms with Crippen molar-refractivity contribution in [1.82, 2.24) is 20.2 Å². The molecular weight excluding hydrogens is 444 g/mol. The number of hydrogen-bond acceptors (Lipinski definition) is 6. The average molecular weight is 475 g/mol. The van der Waals surface area contributed by atoms with Crippen LogP contribution in [0, 0.1) is 13.8 Å². The lowest BCUT2D eigenvalue weighted by Gasteiger charge is -2.31. The molecule has 2 aromatic carbocycles. The van der Waals surface area contributed by atoms with Crippen molar-refractivity contribution >= 4 is 21.6 Å². The lowest BCUT2D eigenvalue weighted by atomic mass is 10.0. The smallest absolute Gasteiger partial charge is 0.260 e. The van der Waals surface area contributed by atoms with Crippen LogP contribution < -0.4 is 10.9 Å². The van der Waals surface area contributed by atoms with Crippen LogP contribution in [0.25, 0.3) is 21.3 Å². The second-order valence-corrected chi connectivity index (χ2v) is 10.1. The van der Waals surface area contributed by atoms with Crippen molar-refractivity contribution in [1.29, 1.82) is 0 Å². The third-order valence-electron chi connectivity index (χ3n) is 6.39. The van der Waals surface area contributed by atoms with Gasteiger partial charge in [-0.15, -0.1) is 11.3 Å². The number of benzene rings is 2. The first-order valence-corrected chi connectivity index (χ1v) is 12.6. The van der Waals surface area contributed by atoms with Crippen LogP contribution in [0.3, 0.4) is 0 Å². The van der Waals surface area contributed by atoms with E-state index in [-0.39, 0.29) is 11.6 Å². The van der Waals surface area contributed by atoms with E-state index in [1.165, 1.54) is 11.1 Å². The summed E-state index contributed by atoms with van der Waals surface area (Å²) >= 11 is 1.58. The van der Waals surface area contributed by atoms with Gasteiger partial charge in [0, 0.05) is 36.1 Å². The Balaban J connectivity index is 1.40. The topological polar surface area (TPSA) is 70.2 Å².